The Bertz CT molecular complexity index is 1160. The number of nitrogens with one attached hydrogen (secondary N) is 1. The van der Waals surface area contributed by atoms with E-state index in [1.165, 1.54) is 36.9 Å². The van der Waals surface area contributed by atoms with Gasteiger partial charge in [0.15, 0.2) is 5.76 Å². The summed E-state index contributed by atoms with van der Waals surface area (Å²) in [5, 5.41) is 14.2. The van der Waals surface area contributed by atoms with Crippen LogP contribution in [-0.2, 0) is 21.2 Å². The molecule has 0 radical (unpaired) electrons. The number of rotatable bonds is 6. The molecule has 2 aromatic carbocycles. The van der Waals surface area contributed by atoms with E-state index in [2.05, 4.69) is 4.98 Å². The molecule has 0 aliphatic rings. The fourth-order valence-corrected chi connectivity index (χ4v) is 3.39. The number of hydrogen-bond acceptors (Lipinski definition) is 7. The summed E-state index contributed by atoms with van der Waals surface area (Å²) in [7, 11) is -2.36. The molecule has 0 spiro atoms. The normalized spacial score (nSPS) is 11.3. The molecule has 0 fully saturated rings. The van der Waals surface area contributed by atoms with Gasteiger partial charge in [-0.15, -0.1) is 0 Å². The van der Waals surface area contributed by atoms with Gasteiger partial charge in [0.05, 0.1) is 17.0 Å². The first-order chi connectivity index (χ1) is 13.7. The lowest BCUT2D eigenvalue weighted by atomic mass is 10.1. The highest BCUT2D eigenvalue weighted by molar-refractivity contribution is 7.89. The molecule has 1 heterocycles. The molecule has 3 aromatic rings. The van der Waals surface area contributed by atoms with Gasteiger partial charge in [-0.1, -0.05) is 11.6 Å². The minimum Gasteiger partial charge on any atom is -0.495 e. The van der Waals surface area contributed by atoms with E-state index in [0.29, 0.717) is 27.6 Å². The molecule has 0 unspecified atom stereocenters. The third-order valence-electron chi connectivity index (χ3n) is 3.98. The molecule has 0 bridgehead atoms. The van der Waals surface area contributed by atoms with Gasteiger partial charge in [0.2, 0.25) is 15.9 Å². The summed E-state index contributed by atoms with van der Waals surface area (Å²) in [6.45, 7) is 0. The van der Waals surface area contributed by atoms with Crippen molar-refractivity contribution < 1.29 is 27.6 Å². The zero-order valence-corrected chi connectivity index (χ0v) is 16.6. The first kappa shape index (κ1) is 20.8. The van der Waals surface area contributed by atoms with Gasteiger partial charge in [0.1, 0.15) is 17.9 Å². The quantitative estimate of drug-likeness (QED) is 0.396. The highest BCUT2D eigenvalue weighted by Crippen LogP contribution is 2.36. The summed E-state index contributed by atoms with van der Waals surface area (Å²) in [6.07, 6.45) is -0.303. The number of carbonyl (C=O) groups excluding carboxylic acids is 1. The standard InChI is InChI=1S/C18H16ClN3O6S/c1-27-14-7-4-11(8-13(14)19)17-18(28-16(21-17)9-15(23)22-24)10-2-5-12(6-3-10)29(20,25)26/h2-8,24H,9H2,1H3,(H,22,23)(H2,20,25,26). The maximum absolute atomic E-state index is 11.5. The van der Waals surface area contributed by atoms with Crippen molar-refractivity contribution in [3.63, 3.8) is 0 Å². The van der Waals surface area contributed by atoms with E-state index < -0.39 is 15.9 Å². The largest absolute Gasteiger partial charge is 0.495 e. The number of methoxy groups -OCH3 is 1. The number of sulfonamides is 1. The van der Waals surface area contributed by atoms with Crippen molar-refractivity contribution in [1.29, 1.82) is 0 Å². The van der Waals surface area contributed by atoms with Crippen LogP contribution in [0.2, 0.25) is 5.02 Å². The Hall–Kier alpha value is -2.92. The molecule has 11 heteroatoms. The number of nitrogens with two attached hydrogens (primary N) is 1. The molecular formula is C18H16ClN3O6S. The third kappa shape index (κ3) is 4.57. The molecule has 0 aliphatic heterocycles. The lowest BCUT2D eigenvalue weighted by Gasteiger charge is -2.06. The predicted octanol–water partition coefficient (Wildman–Crippen LogP) is 2.37. The van der Waals surface area contributed by atoms with Crippen LogP contribution in [0.4, 0.5) is 0 Å². The maximum atomic E-state index is 11.5. The van der Waals surface area contributed by atoms with Crippen LogP contribution in [-0.4, -0.2) is 31.6 Å². The minimum absolute atomic E-state index is 0.0454. The number of hydroxylamine groups is 1. The van der Waals surface area contributed by atoms with Crippen LogP contribution in [0.5, 0.6) is 5.75 Å². The lowest BCUT2D eigenvalue weighted by molar-refractivity contribution is -0.128. The van der Waals surface area contributed by atoms with Crippen LogP contribution >= 0.6 is 11.6 Å². The van der Waals surface area contributed by atoms with Gasteiger partial charge in [-0.3, -0.25) is 10.0 Å². The second-order valence-electron chi connectivity index (χ2n) is 5.92. The second kappa shape index (κ2) is 8.21. The van der Waals surface area contributed by atoms with Crippen molar-refractivity contribution in [3.05, 3.63) is 53.4 Å². The van der Waals surface area contributed by atoms with E-state index in [4.69, 9.17) is 31.1 Å². The highest BCUT2D eigenvalue weighted by Gasteiger charge is 2.20. The van der Waals surface area contributed by atoms with Crippen LogP contribution < -0.4 is 15.4 Å². The summed E-state index contributed by atoms with van der Waals surface area (Å²) in [4.78, 5) is 15.8. The zero-order valence-electron chi connectivity index (χ0n) is 15.0. The Morgan fingerprint density at radius 3 is 2.45 bits per heavy atom. The topological polar surface area (TPSA) is 145 Å². The summed E-state index contributed by atoms with van der Waals surface area (Å²) >= 11 is 6.20. The average Bonchev–Trinajstić information content (AvgIpc) is 3.11. The molecule has 0 atom stereocenters. The molecule has 4 N–H and O–H groups in total. The van der Waals surface area contributed by atoms with E-state index in [1.54, 1.807) is 18.2 Å². The Morgan fingerprint density at radius 1 is 1.24 bits per heavy atom. The number of primary sulfonamides is 1. The molecule has 0 saturated heterocycles. The van der Waals surface area contributed by atoms with Gasteiger partial charge >= 0.3 is 0 Å². The minimum atomic E-state index is -3.85. The maximum Gasteiger partial charge on any atom is 0.252 e. The predicted molar refractivity (Wildman–Crippen MR) is 104 cm³/mol. The van der Waals surface area contributed by atoms with E-state index >= 15 is 0 Å². The van der Waals surface area contributed by atoms with Gasteiger partial charge in [-0.05, 0) is 42.5 Å². The van der Waals surface area contributed by atoms with Crippen molar-refractivity contribution in [3.8, 4) is 28.3 Å². The van der Waals surface area contributed by atoms with Crippen molar-refractivity contribution in [2.75, 3.05) is 7.11 Å². The van der Waals surface area contributed by atoms with Gasteiger partial charge in [0.25, 0.3) is 5.91 Å². The molecule has 3 rings (SSSR count). The number of carbonyl (C=O) groups is 1. The second-order valence-corrected chi connectivity index (χ2v) is 7.88. The van der Waals surface area contributed by atoms with Gasteiger partial charge in [-0.25, -0.2) is 24.0 Å². The van der Waals surface area contributed by atoms with E-state index in [1.807, 2.05) is 0 Å². The van der Waals surface area contributed by atoms with Crippen molar-refractivity contribution in [1.82, 2.24) is 10.5 Å². The number of amides is 1. The SMILES string of the molecule is COc1ccc(-c2nc(CC(=O)NO)oc2-c2ccc(S(N)(=O)=O)cc2)cc1Cl. The molecule has 1 aromatic heterocycles. The van der Waals surface area contributed by atoms with Crippen LogP contribution in [0, 0.1) is 0 Å². The van der Waals surface area contributed by atoms with Crippen LogP contribution in [0.15, 0.2) is 51.8 Å². The van der Waals surface area contributed by atoms with Crippen LogP contribution in [0.3, 0.4) is 0 Å². The monoisotopic (exact) mass is 437 g/mol. The fraction of sp³-hybridized carbons (Fsp3) is 0.111. The number of aromatic nitrogens is 1. The Balaban J connectivity index is 2.12. The summed E-state index contributed by atoms with van der Waals surface area (Å²) in [5.74, 6) is 0.0940. The Morgan fingerprint density at radius 2 is 1.90 bits per heavy atom. The third-order valence-corrected chi connectivity index (χ3v) is 5.20. The Labute approximate surface area is 171 Å². The smallest absolute Gasteiger partial charge is 0.252 e. The lowest BCUT2D eigenvalue weighted by Crippen LogP contribution is -2.20. The molecule has 9 nitrogen and oxygen atoms in total. The Kier molecular flexibility index (Phi) is 5.89. The number of hydrogen-bond donors (Lipinski definition) is 3. The molecular weight excluding hydrogens is 422 g/mol. The molecule has 1 amide bonds. The molecule has 29 heavy (non-hydrogen) atoms. The summed E-state index contributed by atoms with van der Waals surface area (Å²) in [5.41, 5.74) is 2.97. The van der Waals surface area contributed by atoms with Crippen molar-refractivity contribution in [2.45, 2.75) is 11.3 Å². The summed E-state index contributed by atoms with van der Waals surface area (Å²) < 4.78 is 33.8. The molecule has 0 aliphatic carbocycles. The highest BCUT2D eigenvalue weighted by atomic mass is 35.5. The number of oxazole rings is 1. The average molecular weight is 438 g/mol. The van der Waals surface area contributed by atoms with E-state index in [-0.39, 0.29) is 23.0 Å². The number of ether oxygens (including phenoxy) is 1. The number of nitrogens with zero attached hydrogens (tertiary/aromatic N) is 1. The van der Waals surface area contributed by atoms with Crippen molar-refractivity contribution in [2.24, 2.45) is 5.14 Å². The number of benzene rings is 2. The van der Waals surface area contributed by atoms with Gasteiger partial charge < -0.3 is 9.15 Å². The fourth-order valence-electron chi connectivity index (χ4n) is 2.62. The van der Waals surface area contributed by atoms with E-state index in [0.717, 1.165) is 0 Å². The first-order valence-electron chi connectivity index (χ1n) is 8.12. The van der Waals surface area contributed by atoms with Crippen LogP contribution in [0.25, 0.3) is 22.6 Å². The zero-order chi connectivity index (χ0) is 21.2. The number of halogens is 1. The molecule has 0 saturated carbocycles. The molecule has 152 valence electrons. The summed E-state index contributed by atoms with van der Waals surface area (Å²) in [6, 6.07) is 10.7. The van der Waals surface area contributed by atoms with Gasteiger partial charge in [0, 0.05) is 11.1 Å². The van der Waals surface area contributed by atoms with Gasteiger partial charge in [-0.2, -0.15) is 0 Å². The first-order valence-corrected chi connectivity index (χ1v) is 10.0. The van der Waals surface area contributed by atoms with Crippen LogP contribution in [0.1, 0.15) is 5.89 Å². The van der Waals surface area contributed by atoms with Crippen molar-refractivity contribution >= 4 is 27.5 Å². The van der Waals surface area contributed by atoms with E-state index in [9.17, 15) is 13.2 Å².